The lowest BCUT2D eigenvalue weighted by Crippen LogP contribution is -2.49. The summed E-state index contributed by atoms with van der Waals surface area (Å²) < 4.78 is 14.1. The van der Waals surface area contributed by atoms with Crippen LogP contribution in [0.15, 0.2) is 22.7 Å². The third kappa shape index (κ3) is 4.05. The topological polar surface area (TPSA) is 38.0 Å². The second kappa shape index (κ2) is 7.21. The Bertz CT molecular complexity index is 470. The second-order valence-corrected chi connectivity index (χ2v) is 7.68. The molecule has 3 N–H and O–H groups in total. The zero-order valence-electron chi connectivity index (χ0n) is 13.0. The summed E-state index contributed by atoms with van der Waals surface area (Å²) in [6.45, 7) is 4.56. The molecule has 1 aliphatic carbocycles. The Morgan fingerprint density at radius 2 is 2.00 bits per heavy atom. The molecule has 0 heterocycles. The highest BCUT2D eigenvalue weighted by atomic mass is 79.9. The molecule has 1 aromatic carbocycles. The third-order valence-electron chi connectivity index (χ3n) is 4.79. The number of hydrogen-bond acceptors (Lipinski definition) is 2. The molecule has 0 saturated heterocycles. The van der Waals surface area contributed by atoms with E-state index in [0.717, 1.165) is 16.5 Å². The van der Waals surface area contributed by atoms with Gasteiger partial charge in [-0.1, -0.05) is 48.7 Å². The van der Waals surface area contributed by atoms with Crippen LogP contribution in [0.1, 0.15) is 51.5 Å². The van der Waals surface area contributed by atoms with Crippen molar-refractivity contribution in [3.8, 4) is 0 Å². The maximum atomic E-state index is 13.2. The molecule has 1 saturated carbocycles. The maximum Gasteiger partial charge on any atom is 0.124 e. The van der Waals surface area contributed by atoms with Gasteiger partial charge in [-0.25, -0.2) is 4.39 Å². The molecule has 21 heavy (non-hydrogen) atoms. The largest absolute Gasteiger partial charge is 0.271 e. The molecule has 4 heteroatoms. The van der Waals surface area contributed by atoms with Gasteiger partial charge in [0, 0.05) is 10.5 Å². The van der Waals surface area contributed by atoms with E-state index in [9.17, 15) is 4.39 Å². The number of hydrogen-bond donors (Lipinski definition) is 2. The van der Waals surface area contributed by atoms with Crippen molar-refractivity contribution < 1.29 is 4.39 Å². The SMILES string of the molecule is CC(C)CC1(C(Cc2ccc(F)cc2Br)NN)CCCC1. The molecule has 1 fully saturated rings. The highest BCUT2D eigenvalue weighted by Crippen LogP contribution is 2.46. The number of nitrogens with two attached hydrogens (primary N) is 1. The number of halogens is 2. The number of benzene rings is 1. The number of rotatable bonds is 6. The van der Waals surface area contributed by atoms with E-state index in [-0.39, 0.29) is 17.3 Å². The zero-order chi connectivity index (χ0) is 15.5. The van der Waals surface area contributed by atoms with Gasteiger partial charge in [-0.05, 0) is 54.7 Å². The molecule has 1 aromatic rings. The lowest BCUT2D eigenvalue weighted by atomic mass is 9.71. The summed E-state index contributed by atoms with van der Waals surface area (Å²) in [5, 5.41) is 0. The summed E-state index contributed by atoms with van der Waals surface area (Å²) >= 11 is 3.47. The van der Waals surface area contributed by atoms with Crippen LogP contribution in [-0.2, 0) is 6.42 Å². The third-order valence-corrected chi connectivity index (χ3v) is 5.53. The summed E-state index contributed by atoms with van der Waals surface area (Å²) in [5.41, 5.74) is 4.46. The van der Waals surface area contributed by atoms with E-state index < -0.39 is 0 Å². The van der Waals surface area contributed by atoms with Gasteiger partial charge in [0.05, 0.1) is 0 Å². The predicted molar refractivity (Wildman–Crippen MR) is 89.3 cm³/mol. The lowest BCUT2D eigenvalue weighted by Gasteiger charge is -2.39. The summed E-state index contributed by atoms with van der Waals surface area (Å²) in [7, 11) is 0. The maximum absolute atomic E-state index is 13.2. The van der Waals surface area contributed by atoms with Crippen LogP contribution in [0.5, 0.6) is 0 Å². The Kier molecular flexibility index (Phi) is 5.81. The molecule has 0 bridgehead atoms. The second-order valence-electron chi connectivity index (χ2n) is 6.83. The van der Waals surface area contributed by atoms with Crippen molar-refractivity contribution in [2.45, 2.75) is 58.4 Å². The van der Waals surface area contributed by atoms with Crippen LogP contribution in [0.4, 0.5) is 4.39 Å². The summed E-state index contributed by atoms with van der Waals surface area (Å²) in [6, 6.07) is 5.16. The predicted octanol–water partition coefficient (Wildman–Crippen LogP) is 4.57. The van der Waals surface area contributed by atoms with Crippen molar-refractivity contribution in [2.24, 2.45) is 17.2 Å². The summed E-state index contributed by atoms with van der Waals surface area (Å²) in [4.78, 5) is 0. The van der Waals surface area contributed by atoms with Crippen molar-refractivity contribution >= 4 is 15.9 Å². The molecule has 1 atom stereocenters. The molecule has 0 amide bonds. The minimum absolute atomic E-state index is 0.208. The van der Waals surface area contributed by atoms with Gasteiger partial charge in [-0.15, -0.1) is 0 Å². The van der Waals surface area contributed by atoms with Crippen LogP contribution in [0, 0.1) is 17.2 Å². The number of nitrogens with one attached hydrogen (secondary N) is 1. The fourth-order valence-corrected chi connectivity index (χ4v) is 4.46. The van der Waals surface area contributed by atoms with Gasteiger partial charge in [-0.3, -0.25) is 11.3 Å². The fraction of sp³-hybridized carbons (Fsp3) is 0.647. The van der Waals surface area contributed by atoms with Gasteiger partial charge in [0.2, 0.25) is 0 Å². The number of hydrazine groups is 1. The van der Waals surface area contributed by atoms with E-state index in [1.165, 1.54) is 44.2 Å². The normalized spacial score (nSPS) is 19.1. The summed E-state index contributed by atoms with van der Waals surface area (Å²) in [5.74, 6) is 6.36. The van der Waals surface area contributed by atoms with E-state index in [4.69, 9.17) is 5.84 Å². The summed E-state index contributed by atoms with van der Waals surface area (Å²) in [6.07, 6.45) is 7.08. The molecule has 0 aliphatic heterocycles. The first-order chi connectivity index (χ1) is 9.97. The standard InChI is InChI=1S/C17H26BrFN2/c1-12(2)11-17(7-3-4-8-17)16(21-20)9-13-5-6-14(19)10-15(13)18/h5-6,10,12,16,21H,3-4,7-9,11,20H2,1-2H3. The molecule has 118 valence electrons. The first-order valence-electron chi connectivity index (χ1n) is 7.87. The average Bonchev–Trinajstić information content (AvgIpc) is 2.86. The smallest absolute Gasteiger partial charge is 0.124 e. The van der Waals surface area contributed by atoms with Crippen LogP contribution in [0.2, 0.25) is 0 Å². The molecule has 2 rings (SSSR count). The van der Waals surface area contributed by atoms with Gasteiger partial charge in [0.15, 0.2) is 0 Å². The van der Waals surface area contributed by atoms with Crippen LogP contribution in [-0.4, -0.2) is 6.04 Å². The molecule has 2 nitrogen and oxygen atoms in total. The van der Waals surface area contributed by atoms with Crippen LogP contribution in [0.3, 0.4) is 0 Å². The minimum Gasteiger partial charge on any atom is -0.271 e. The van der Waals surface area contributed by atoms with Crippen molar-refractivity contribution in [1.82, 2.24) is 5.43 Å². The Morgan fingerprint density at radius 3 is 2.52 bits per heavy atom. The van der Waals surface area contributed by atoms with Gasteiger partial charge in [0.1, 0.15) is 5.82 Å². The van der Waals surface area contributed by atoms with Crippen LogP contribution < -0.4 is 11.3 Å². The molecular formula is C17H26BrFN2. The lowest BCUT2D eigenvalue weighted by molar-refractivity contribution is 0.154. The molecule has 0 aromatic heterocycles. The molecule has 1 unspecified atom stereocenters. The zero-order valence-corrected chi connectivity index (χ0v) is 14.5. The van der Waals surface area contributed by atoms with E-state index in [1.54, 1.807) is 0 Å². The van der Waals surface area contributed by atoms with Gasteiger partial charge < -0.3 is 0 Å². The quantitative estimate of drug-likeness (QED) is 0.578. The van der Waals surface area contributed by atoms with Gasteiger partial charge >= 0.3 is 0 Å². The van der Waals surface area contributed by atoms with Crippen LogP contribution >= 0.6 is 15.9 Å². The van der Waals surface area contributed by atoms with Gasteiger partial charge in [0.25, 0.3) is 0 Å². The van der Waals surface area contributed by atoms with Crippen molar-refractivity contribution in [3.05, 3.63) is 34.1 Å². The monoisotopic (exact) mass is 356 g/mol. The molecule has 0 spiro atoms. The van der Waals surface area contributed by atoms with E-state index in [2.05, 4.69) is 35.2 Å². The highest BCUT2D eigenvalue weighted by molar-refractivity contribution is 9.10. The molecular weight excluding hydrogens is 331 g/mol. The highest BCUT2D eigenvalue weighted by Gasteiger charge is 2.41. The first kappa shape index (κ1) is 16.9. The van der Waals surface area contributed by atoms with E-state index in [1.807, 2.05) is 6.07 Å². The van der Waals surface area contributed by atoms with Crippen LogP contribution in [0.25, 0.3) is 0 Å². The average molecular weight is 357 g/mol. The molecule has 1 aliphatic rings. The fourth-order valence-electron chi connectivity index (χ4n) is 3.95. The van der Waals surface area contributed by atoms with E-state index >= 15 is 0 Å². The Hall–Kier alpha value is -0.450. The Morgan fingerprint density at radius 1 is 1.33 bits per heavy atom. The Labute approximate surface area is 135 Å². The minimum atomic E-state index is -0.208. The van der Waals surface area contributed by atoms with E-state index in [0.29, 0.717) is 5.92 Å². The van der Waals surface area contributed by atoms with Crippen molar-refractivity contribution in [3.63, 3.8) is 0 Å². The van der Waals surface area contributed by atoms with Crippen molar-refractivity contribution in [2.75, 3.05) is 0 Å². The van der Waals surface area contributed by atoms with Gasteiger partial charge in [-0.2, -0.15) is 0 Å². The van der Waals surface area contributed by atoms with Crippen molar-refractivity contribution in [1.29, 1.82) is 0 Å². The first-order valence-corrected chi connectivity index (χ1v) is 8.66. The molecule has 0 radical (unpaired) electrons. The Balaban J connectivity index is 2.20.